The summed E-state index contributed by atoms with van der Waals surface area (Å²) < 4.78 is 0. The molecule has 0 aromatic heterocycles. The summed E-state index contributed by atoms with van der Waals surface area (Å²) in [5.41, 5.74) is 1.90. The molecule has 0 radical (unpaired) electrons. The standard InChI is InChI=1S/C19H15ClN4O3S/c1-2-15-18(27)24(11-4-6-12(25)7-5-11)19(28-15)23-22-16-13-9-10(20)3-8-14(13)21-17(16)26/h3-9,15,25H,2H2,1H3,(H,21,22,26)/b23-19+. The molecule has 2 aromatic carbocycles. The highest BCUT2D eigenvalue weighted by atomic mass is 35.5. The van der Waals surface area contributed by atoms with E-state index in [1.165, 1.54) is 28.8 Å². The lowest BCUT2D eigenvalue weighted by Crippen LogP contribution is -2.31. The highest BCUT2D eigenvalue weighted by Crippen LogP contribution is 2.34. The van der Waals surface area contributed by atoms with Crippen LogP contribution in [-0.2, 0) is 9.59 Å². The molecule has 1 saturated heterocycles. The summed E-state index contributed by atoms with van der Waals surface area (Å²) in [5.74, 6) is -0.388. The number of halogens is 1. The molecule has 1 unspecified atom stereocenters. The highest BCUT2D eigenvalue weighted by Gasteiger charge is 2.38. The molecule has 2 N–H and O–H groups in total. The Labute approximate surface area is 170 Å². The fraction of sp³-hybridized carbons (Fsp3) is 0.158. The van der Waals surface area contributed by atoms with E-state index in [4.69, 9.17) is 11.6 Å². The smallest absolute Gasteiger partial charge is 0.276 e. The van der Waals surface area contributed by atoms with Crippen molar-refractivity contribution in [1.82, 2.24) is 0 Å². The van der Waals surface area contributed by atoms with Gasteiger partial charge in [0, 0.05) is 10.6 Å². The van der Waals surface area contributed by atoms with Gasteiger partial charge in [-0.2, -0.15) is 0 Å². The molecular formula is C19H15ClN4O3S. The Kier molecular flexibility index (Phi) is 4.82. The number of thioether (sulfide) groups is 1. The van der Waals surface area contributed by atoms with Crippen molar-refractivity contribution >= 4 is 57.4 Å². The Bertz CT molecular complexity index is 1040. The first kappa shape index (κ1) is 18.5. The Morgan fingerprint density at radius 2 is 1.93 bits per heavy atom. The van der Waals surface area contributed by atoms with Gasteiger partial charge >= 0.3 is 0 Å². The zero-order chi connectivity index (χ0) is 19.8. The number of hydrogen-bond donors (Lipinski definition) is 2. The lowest BCUT2D eigenvalue weighted by atomic mass is 10.1. The van der Waals surface area contributed by atoms with Gasteiger partial charge in [-0.25, -0.2) is 0 Å². The predicted molar refractivity (Wildman–Crippen MR) is 111 cm³/mol. The number of carbonyl (C=O) groups is 2. The number of anilines is 2. The van der Waals surface area contributed by atoms with Crippen molar-refractivity contribution in [2.75, 3.05) is 10.2 Å². The molecule has 2 amide bonds. The highest BCUT2D eigenvalue weighted by molar-refractivity contribution is 8.16. The third-order valence-corrected chi connectivity index (χ3v) is 5.88. The topological polar surface area (TPSA) is 94.4 Å². The molecule has 7 nitrogen and oxygen atoms in total. The van der Waals surface area contributed by atoms with E-state index in [1.54, 1.807) is 30.3 Å². The summed E-state index contributed by atoms with van der Waals surface area (Å²) in [6, 6.07) is 11.3. The molecule has 1 atom stereocenters. The number of nitrogens with zero attached hydrogens (tertiary/aromatic N) is 3. The number of amidine groups is 1. The van der Waals surface area contributed by atoms with Crippen LogP contribution in [0.4, 0.5) is 11.4 Å². The number of phenolic OH excluding ortho intramolecular Hbond substituents is 1. The molecule has 0 saturated carbocycles. The van der Waals surface area contributed by atoms with Crippen molar-refractivity contribution in [3.8, 4) is 5.75 Å². The van der Waals surface area contributed by atoms with Gasteiger partial charge in [-0.15, -0.1) is 10.2 Å². The second kappa shape index (κ2) is 7.29. The normalized spacial score (nSPS) is 21.5. The van der Waals surface area contributed by atoms with Gasteiger partial charge < -0.3 is 10.4 Å². The van der Waals surface area contributed by atoms with E-state index in [1.807, 2.05) is 6.92 Å². The van der Waals surface area contributed by atoms with Crippen molar-refractivity contribution in [3.05, 3.63) is 53.1 Å². The van der Waals surface area contributed by atoms with Crippen LogP contribution in [0, 0.1) is 0 Å². The van der Waals surface area contributed by atoms with Gasteiger partial charge in [0.1, 0.15) is 5.75 Å². The van der Waals surface area contributed by atoms with Gasteiger partial charge in [0.25, 0.3) is 5.91 Å². The first-order chi connectivity index (χ1) is 13.5. The maximum Gasteiger partial charge on any atom is 0.276 e. The van der Waals surface area contributed by atoms with Crippen molar-refractivity contribution < 1.29 is 14.7 Å². The van der Waals surface area contributed by atoms with Crippen LogP contribution in [0.15, 0.2) is 52.7 Å². The second-order valence-electron chi connectivity index (χ2n) is 6.18. The molecule has 2 aromatic rings. The molecule has 0 aliphatic carbocycles. The first-order valence-corrected chi connectivity index (χ1v) is 9.80. The Hall–Kier alpha value is -2.84. The lowest BCUT2D eigenvalue weighted by molar-refractivity contribution is -0.117. The van der Waals surface area contributed by atoms with E-state index in [2.05, 4.69) is 15.5 Å². The number of carbonyl (C=O) groups excluding carboxylic acids is 2. The molecule has 2 aliphatic heterocycles. The van der Waals surface area contributed by atoms with Crippen molar-refractivity contribution in [2.24, 2.45) is 10.2 Å². The quantitative estimate of drug-likeness (QED) is 0.750. The maximum absolute atomic E-state index is 12.8. The van der Waals surface area contributed by atoms with Gasteiger partial charge in [0.15, 0.2) is 10.9 Å². The van der Waals surface area contributed by atoms with Crippen LogP contribution in [0.3, 0.4) is 0 Å². The van der Waals surface area contributed by atoms with Crippen LogP contribution < -0.4 is 10.2 Å². The summed E-state index contributed by atoms with van der Waals surface area (Å²) in [6.07, 6.45) is 0.632. The van der Waals surface area contributed by atoms with E-state index in [0.717, 1.165) is 0 Å². The number of benzene rings is 2. The minimum absolute atomic E-state index is 0.102. The zero-order valence-corrected chi connectivity index (χ0v) is 16.3. The molecular weight excluding hydrogens is 400 g/mol. The average Bonchev–Trinajstić information content (AvgIpc) is 3.16. The van der Waals surface area contributed by atoms with Crippen LogP contribution in [0.2, 0.25) is 5.02 Å². The van der Waals surface area contributed by atoms with Gasteiger partial charge in [-0.05, 0) is 48.9 Å². The van der Waals surface area contributed by atoms with E-state index < -0.39 is 0 Å². The number of rotatable bonds is 3. The third kappa shape index (κ3) is 3.25. The number of fused-ring (bicyclic) bond motifs is 1. The molecule has 2 aliphatic rings. The SMILES string of the molecule is CCC1S/C(=N/N=C2\C(=O)Nc3ccc(Cl)cc32)N(c2ccc(O)cc2)C1=O. The van der Waals surface area contributed by atoms with Crippen LogP contribution in [-0.4, -0.2) is 33.1 Å². The van der Waals surface area contributed by atoms with E-state index in [0.29, 0.717) is 33.5 Å². The third-order valence-electron chi connectivity index (χ3n) is 4.35. The fourth-order valence-electron chi connectivity index (χ4n) is 2.95. The summed E-state index contributed by atoms with van der Waals surface area (Å²) in [7, 11) is 0. The Balaban J connectivity index is 1.74. The zero-order valence-electron chi connectivity index (χ0n) is 14.7. The number of hydrogen-bond acceptors (Lipinski definition) is 6. The van der Waals surface area contributed by atoms with Gasteiger partial charge in [-0.1, -0.05) is 30.3 Å². The van der Waals surface area contributed by atoms with Crippen LogP contribution in [0.1, 0.15) is 18.9 Å². The Morgan fingerprint density at radius 3 is 2.64 bits per heavy atom. The molecule has 0 spiro atoms. The van der Waals surface area contributed by atoms with E-state index in [-0.39, 0.29) is 28.5 Å². The predicted octanol–water partition coefficient (Wildman–Crippen LogP) is 3.62. The van der Waals surface area contributed by atoms with Crippen molar-refractivity contribution in [2.45, 2.75) is 18.6 Å². The fourth-order valence-corrected chi connectivity index (χ4v) is 4.14. The number of aromatic hydroxyl groups is 1. The van der Waals surface area contributed by atoms with Crippen LogP contribution in [0.5, 0.6) is 5.75 Å². The summed E-state index contributed by atoms with van der Waals surface area (Å²) >= 11 is 7.32. The largest absolute Gasteiger partial charge is 0.508 e. The molecule has 2 heterocycles. The van der Waals surface area contributed by atoms with E-state index >= 15 is 0 Å². The lowest BCUT2D eigenvalue weighted by Gasteiger charge is -2.15. The van der Waals surface area contributed by atoms with Gasteiger partial charge in [-0.3, -0.25) is 14.5 Å². The van der Waals surface area contributed by atoms with Crippen LogP contribution >= 0.6 is 23.4 Å². The molecule has 4 rings (SSSR count). The summed E-state index contributed by atoms with van der Waals surface area (Å²) in [5, 5.41) is 21.1. The van der Waals surface area contributed by atoms with E-state index in [9.17, 15) is 14.7 Å². The van der Waals surface area contributed by atoms with Gasteiger partial charge in [0.05, 0.1) is 16.6 Å². The maximum atomic E-state index is 12.8. The van der Waals surface area contributed by atoms with Gasteiger partial charge in [0.2, 0.25) is 5.91 Å². The minimum Gasteiger partial charge on any atom is -0.508 e. The monoisotopic (exact) mass is 414 g/mol. The second-order valence-corrected chi connectivity index (χ2v) is 7.79. The molecule has 9 heteroatoms. The number of amides is 2. The average molecular weight is 415 g/mol. The summed E-state index contributed by atoms with van der Waals surface area (Å²) in [4.78, 5) is 26.5. The van der Waals surface area contributed by atoms with Crippen molar-refractivity contribution in [3.63, 3.8) is 0 Å². The number of nitrogens with one attached hydrogen (secondary N) is 1. The molecule has 142 valence electrons. The van der Waals surface area contributed by atoms with Crippen LogP contribution in [0.25, 0.3) is 0 Å². The molecule has 0 bridgehead atoms. The Morgan fingerprint density at radius 1 is 1.18 bits per heavy atom. The summed E-state index contributed by atoms with van der Waals surface area (Å²) in [6.45, 7) is 1.92. The first-order valence-electron chi connectivity index (χ1n) is 8.54. The minimum atomic E-state index is -0.376. The van der Waals surface area contributed by atoms with Crippen molar-refractivity contribution in [1.29, 1.82) is 0 Å². The molecule has 1 fully saturated rings. The number of phenols is 1. The molecule has 28 heavy (non-hydrogen) atoms.